The number of aryl methyl sites for hydroxylation is 2. The molecule has 0 aliphatic carbocycles. The van der Waals surface area contributed by atoms with E-state index in [2.05, 4.69) is 15.4 Å². The number of benzene rings is 1. The smallest absolute Gasteiger partial charge is 0.308 e. The van der Waals surface area contributed by atoms with Gasteiger partial charge in [-0.25, -0.2) is 4.98 Å². The van der Waals surface area contributed by atoms with Gasteiger partial charge in [0.25, 0.3) is 5.56 Å². The van der Waals surface area contributed by atoms with Crippen LogP contribution in [-0.4, -0.2) is 43.1 Å². The van der Waals surface area contributed by atoms with Crippen LogP contribution in [0.2, 0.25) is 0 Å². The number of aromatic nitrogens is 4. The highest BCUT2D eigenvalue weighted by molar-refractivity contribution is 6.01. The molecule has 3 rings (SSSR count). The van der Waals surface area contributed by atoms with E-state index in [1.165, 1.54) is 28.7 Å². The summed E-state index contributed by atoms with van der Waals surface area (Å²) in [5.74, 6) is -1.25. The fourth-order valence-corrected chi connectivity index (χ4v) is 2.99. The number of hydrogen-bond acceptors (Lipinski definition) is 7. The third kappa shape index (κ3) is 5.08. The second-order valence-corrected chi connectivity index (χ2v) is 7.72. The number of ketones is 1. The minimum Gasteiger partial charge on any atom is -0.454 e. The first-order chi connectivity index (χ1) is 15.2. The van der Waals surface area contributed by atoms with Gasteiger partial charge in [-0.2, -0.15) is 5.10 Å². The average molecular weight is 439 g/mol. The molecule has 1 atom stereocenters. The zero-order valence-corrected chi connectivity index (χ0v) is 18.4. The van der Waals surface area contributed by atoms with Gasteiger partial charge in [-0.05, 0) is 31.2 Å². The van der Waals surface area contributed by atoms with Crippen LogP contribution >= 0.6 is 0 Å². The van der Waals surface area contributed by atoms with E-state index in [1.807, 2.05) is 0 Å². The van der Waals surface area contributed by atoms with Gasteiger partial charge in [0, 0.05) is 30.8 Å². The van der Waals surface area contributed by atoms with Crippen molar-refractivity contribution in [1.29, 1.82) is 0 Å². The number of amides is 1. The van der Waals surface area contributed by atoms with E-state index in [9.17, 15) is 19.2 Å². The zero-order valence-electron chi connectivity index (χ0n) is 18.4. The quantitative estimate of drug-likeness (QED) is 0.420. The molecule has 0 unspecified atom stereocenters. The Labute approximate surface area is 184 Å². The maximum Gasteiger partial charge on any atom is 0.308 e. The number of nitrogens with zero attached hydrogens (tertiary/aromatic N) is 4. The zero-order chi connectivity index (χ0) is 23.4. The summed E-state index contributed by atoms with van der Waals surface area (Å²) in [6.45, 7) is 5.13. The largest absolute Gasteiger partial charge is 0.454 e. The molecule has 2 aromatic heterocycles. The van der Waals surface area contributed by atoms with Crippen molar-refractivity contribution in [2.24, 2.45) is 13.0 Å². The van der Waals surface area contributed by atoms with Crippen LogP contribution < -0.4 is 10.9 Å². The topological polar surface area (TPSA) is 125 Å². The Hall–Kier alpha value is -3.82. The molecule has 0 saturated carbocycles. The summed E-state index contributed by atoms with van der Waals surface area (Å²) in [7, 11) is 1.68. The van der Waals surface area contributed by atoms with Crippen LogP contribution in [0.3, 0.4) is 0 Å². The highest BCUT2D eigenvalue weighted by atomic mass is 16.5. The average Bonchev–Trinajstić information content (AvgIpc) is 3.14. The number of carbonyl (C=O) groups excluding carboxylic acids is 3. The first-order valence-corrected chi connectivity index (χ1v) is 10.2. The molecule has 1 amide bonds. The minimum absolute atomic E-state index is 0.0701. The molecule has 0 spiro atoms. The maximum absolute atomic E-state index is 12.6. The van der Waals surface area contributed by atoms with Gasteiger partial charge in [-0.15, -0.1) is 0 Å². The molecule has 0 fully saturated rings. The Balaban J connectivity index is 1.56. The molecule has 10 nitrogen and oxygen atoms in total. The Bertz CT molecular complexity index is 1210. The number of rotatable bonds is 8. The monoisotopic (exact) mass is 439 g/mol. The van der Waals surface area contributed by atoms with Crippen LogP contribution in [0.1, 0.15) is 37.6 Å². The van der Waals surface area contributed by atoms with Crippen LogP contribution in [0, 0.1) is 5.92 Å². The molecular formula is C22H25N5O5. The first kappa shape index (κ1) is 22.9. The normalized spacial score (nSPS) is 12.0. The molecule has 1 N–H and O–H groups in total. The summed E-state index contributed by atoms with van der Waals surface area (Å²) in [6, 6.07) is 6.38. The number of nitrogens with one attached hydrogen (secondary N) is 1. The number of carbonyl (C=O) groups is 3. The highest BCUT2D eigenvalue weighted by Crippen LogP contribution is 2.14. The van der Waals surface area contributed by atoms with E-state index in [-0.39, 0.29) is 36.1 Å². The molecule has 10 heteroatoms. The van der Waals surface area contributed by atoms with Crippen molar-refractivity contribution < 1.29 is 19.1 Å². The third-order valence-electron chi connectivity index (χ3n) is 4.91. The maximum atomic E-state index is 12.6. The Morgan fingerprint density at radius 1 is 1.12 bits per heavy atom. The molecule has 3 aromatic rings. The van der Waals surface area contributed by atoms with Gasteiger partial charge in [0.1, 0.15) is 5.39 Å². The van der Waals surface area contributed by atoms with Crippen molar-refractivity contribution in [3.63, 3.8) is 0 Å². The SMILES string of the molecule is CC(C)C(=O)Nc1ccc(C(=O)[C@@H](C)OC(=O)CCn2cnc3c(cnn3C)c2=O)cc1. The number of hydrogen-bond donors (Lipinski definition) is 1. The van der Waals surface area contributed by atoms with E-state index in [0.717, 1.165) is 0 Å². The van der Waals surface area contributed by atoms with Gasteiger partial charge in [0.15, 0.2) is 11.8 Å². The van der Waals surface area contributed by atoms with Crippen LogP contribution in [0.4, 0.5) is 5.69 Å². The highest BCUT2D eigenvalue weighted by Gasteiger charge is 2.20. The summed E-state index contributed by atoms with van der Waals surface area (Å²) < 4.78 is 8.04. The Morgan fingerprint density at radius 3 is 2.47 bits per heavy atom. The molecular weight excluding hydrogens is 414 g/mol. The predicted molar refractivity (Wildman–Crippen MR) is 117 cm³/mol. The third-order valence-corrected chi connectivity index (χ3v) is 4.91. The summed E-state index contributed by atoms with van der Waals surface area (Å²) in [5, 5.41) is 7.10. The van der Waals surface area contributed by atoms with Gasteiger partial charge in [-0.3, -0.25) is 28.4 Å². The first-order valence-electron chi connectivity index (χ1n) is 10.2. The van der Waals surface area contributed by atoms with Crippen molar-refractivity contribution in [2.45, 2.75) is 39.8 Å². The molecule has 0 aliphatic rings. The summed E-state index contributed by atoms with van der Waals surface area (Å²) >= 11 is 0. The van der Waals surface area contributed by atoms with Gasteiger partial charge >= 0.3 is 5.97 Å². The van der Waals surface area contributed by atoms with Crippen molar-refractivity contribution >= 4 is 34.4 Å². The van der Waals surface area contributed by atoms with Crippen LogP contribution in [0.5, 0.6) is 0 Å². The molecule has 0 radical (unpaired) electrons. The molecule has 0 bridgehead atoms. The van der Waals surface area contributed by atoms with Crippen LogP contribution in [0.15, 0.2) is 41.6 Å². The molecule has 32 heavy (non-hydrogen) atoms. The van der Waals surface area contributed by atoms with Crippen molar-refractivity contribution in [3.05, 3.63) is 52.7 Å². The predicted octanol–water partition coefficient (Wildman–Crippen LogP) is 1.93. The Morgan fingerprint density at radius 2 is 1.81 bits per heavy atom. The van der Waals surface area contributed by atoms with Crippen LogP contribution in [0.25, 0.3) is 11.0 Å². The lowest BCUT2D eigenvalue weighted by atomic mass is 10.1. The van der Waals surface area contributed by atoms with Gasteiger partial charge in [0.05, 0.1) is 18.9 Å². The standard InChI is InChI=1S/C22H25N5O5/c1-13(2)21(30)25-16-7-5-15(6-8-16)19(29)14(3)32-18(28)9-10-27-12-23-20-17(22(27)31)11-24-26(20)4/h5-8,11-14H,9-10H2,1-4H3,(H,25,30)/t14-/m1/s1. The number of ether oxygens (including phenoxy) is 1. The Kier molecular flexibility index (Phi) is 6.82. The molecule has 2 heterocycles. The van der Waals surface area contributed by atoms with Crippen molar-refractivity contribution in [2.75, 3.05) is 5.32 Å². The van der Waals surface area contributed by atoms with Gasteiger partial charge in [0.2, 0.25) is 11.7 Å². The lowest BCUT2D eigenvalue weighted by Crippen LogP contribution is -2.27. The molecule has 1 aromatic carbocycles. The fraction of sp³-hybridized carbons (Fsp3) is 0.364. The summed E-state index contributed by atoms with van der Waals surface area (Å²) in [5.41, 5.74) is 1.09. The van der Waals surface area contributed by atoms with Gasteiger partial charge in [-0.1, -0.05) is 13.8 Å². The molecule has 0 aliphatic heterocycles. The summed E-state index contributed by atoms with van der Waals surface area (Å²) in [4.78, 5) is 53.1. The van der Waals surface area contributed by atoms with E-state index < -0.39 is 12.1 Å². The van der Waals surface area contributed by atoms with E-state index in [1.54, 1.807) is 45.2 Å². The van der Waals surface area contributed by atoms with E-state index in [4.69, 9.17) is 4.74 Å². The minimum atomic E-state index is -0.991. The lowest BCUT2D eigenvalue weighted by molar-refractivity contribution is -0.146. The number of anilines is 1. The van der Waals surface area contributed by atoms with Gasteiger partial charge < -0.3 is 10.1 Å². The summed E-state index contributed by atoms with van der Waals surface area (Å²) in [6.07, 6.45) is 1.70. The number of Topliss-reactive ketones (excluding diaryl/α,β-unsaturated/α-hetero) is 1. The second kappa shape index (κ2) is 9.54. The van der Waals surface area contributed by atoms with Crippen molar-refractivity contribution in [1.82, 2.24) is 19.3 Å². The molecule has 0 saturated heterocycles. The van der Waals surface area contributed by atoms with E-state index in [0.29, 0.717) is 22.3 Å². The van der Waals surface area contributed by atoms with Crippen molar-refractivity contribution in [3.8, 4) is 0 Å². The lowest BCUT2D eigenvalue weighted by Gasteiger charge is -2.13. The molecule has 168 valence electrons. The van der Waals surface area contributed by atoms with E-state index >= 15 is 0 Å². The fourth-order valence-electron chi connectivity index (χ4n) is 2.99. The number of esters is 1. The van der Waals surface area contributed by atoms with Crippen LogP contribution in [-0.2, 0) is 27.9 Å². The second-order valence-electron chi connectivity index (χ2n) is 7.72. The number of fused-ring (bicyclic) bond motifs is 1.